The number of hydrogen-bond donors (Lipinski definition) is 2. The van der Waals surface area contributed by atoms with Gasteiger partial charge >= 0.3 is 6.09 Å². The standard InChI is InChI=1S/C28H34FN7O2/c1-7-8-10-23(19(3)33-27(37)38-28(4,5)6)18(2)25-24(29)13-20(15-30)26(35-25)34-21-14-22(17-31-16-21)36-12-9-11-32-36/h9,11-14,16-17,19,23H,2,7-8,10H2,1,3-6H3,(H,33,37)(H,34,35)/t19-,23-/m0/s1. The molecular formula is C28H34FN7O2. The second kappa shape index (κ2) is 12.3. The smallest absolute Gasteiger partial charge is 0.407 e. The molecule has 0 spiro atoms. The summed E-state index contributed by atoms with van der Waals surface area (Å²) in [5.74, 6) is -0.798. The Labute approximate surface area is 222 Å². The van der Waals surface area contributed by atoms with E-state index in [1.165, 1.54) is 0 Å². The molecule has 3 aromatic rings. The number of hydrogen-bond acceptors (Lipinski definition) is 7. The summed E-state index contributed by atoms with van der Waals surface area (Å²) in [5.41, 5.74) is 1.09. The van der Waals surface area contributed by atoms with Gasteiger partial charge in [-0.2, -0.15) is 10.4 Å². The number of nitrogens with one attached hydrogen (secondary N) is 2. The van der Waals surface area contributed by atoms with Crippen LogP contribution in [0.1, 0.15) is 65.1 Å². The van der Waals surface area contributed by atoms with Gasteiger partial charge in [-0.15, -0.1) is 0 Å². The van der Waals surface area contributed by atoms with Crippen LogP contribution in [0.25, 0.3) is 11.3 Å². The second-order valence-corrected chi connectivity index (χ2v) is 10.0. The molecule has 1 amide bonds. The fourth-order valence-corrected chi connectivity index (χ4v) is 3.99. The first-order chi connectivity index (χ1) is 18.0. The summed E-state index contributed by atoms with van der Waals surface area (Å²) < 4.78 is 22.3. The van der Waals surface area contributed by atoms with Crippen molar-refractivity contribution in [1.29, 1.82) is 5.26 Å². The minimum absolute atomic E-state index is 0.0293. The van der Waals surface area contributed by atoms with Crippen LogP contribution >= 0.6 is 0 Å². The van der Waals surface area contributed by atoms with Gasteiger partial charge in [0, 0.05) is 24.4 Å². The molecule has 0 aliphatic heterocycles. The van der Waals surface area contributed by atoms with Crippen molar-refractivity contribution in [3.63, 3.8) is 0 Å². The van der Waals surface area contributed by atoms with Crippen molar-refractivity contribution in [1.82, 2.24) is 25.1 Å². The van der Waals surface area contributed by atoms with Crippen molar-refractivity contribution in [3.8, 4) is 11.8 Å². The van der Waals surface area contributed by atoms with Gasteiger partial charge in [-0.1, -0.05) is 26.3 Å². The topological polar surface area (TPSA) is 118 Å². The Bertz CT molecular complexity index is 1310. The van der Waals surface area contributed by atoms with Crippen LogP contribution in [0.5, 0.6) is 0 Å². The minimum atomic E-state index is -0.661. The van der Waals surface area contributed by atoms with Gasteiger partial charge in [0.25, 0.3) is 0 Å². The SMILES string of the molecule is C=C(c1nc(Nc2cncc(-n3cccn3)c2)c(C#N)cc1F)[C@H](CCCC)[C@H](C)NC(=O)OC(C)(C)C. The van der Waals surface area contributed by atoms with Crippen LogP contribution in [0, 0.1) is 23.1 Å². The van der Waals surface area contributed by atoms with E-state index in [-0.39, 0.29) is 23.0 Å². The summed E-state index contributed by atoms with van der Waals surface area (Å²) in [4.78, 5) is 21.1. The van der Waals surface area contributed by atoms with E-state index >= 15 is 4.39 Å². The fourth-order valence-electron chi connectivity index (χ4n) is 3.99. The van der Waals surface area contributed by atoms with Gasteiger partial charge in [0.2, 0.25) is 0 Å². The Morgan fingerprint density at radius 3 is 2.71 bits per heavy atom. The van der Waals surface area contributed by atoms with Crippen molar-refractivity contribution in [3.05, 3.63) is 66.6 Å². The normalized spacial score (nSPS) is 12.8. The number of carbonyl (C=O) groups excluding carboxylic acids is 1. The molecule has 3 aromatic heterocycles. The first-order valence-electron chi connectivity index (χ1n) is 12.5. The number of carbonyl (C=O) groups is 1. The lowest BCUT2D eigenvalue weighted by molar-refractivity contribution is 0.0498. The van der Waals surface area contributed by atoms with Gasteiger partial charge in [-0.3, -0.25) is 4.98 Å². The monoisotopic (exact) mass is 519 g/mol. The molecule has 0 radical (unpaired) electrons. The lowest BCUT2D eigenvalue weighted by Crippen LogP contribution is -2.41. The summed E-state index contributed by atoms with van der Waals surface area (Å²) in [6, 6.07) is 6.32. The zero-order valence-electron chi connectivity index (χ0n) is 22.5. The first kappa shape index (κ1) is 28.3. The molecule has 3 heterocycles. The van der Waals surface area contributed by atoms with Crippen LogP contribution in [0.3, 0.4) is 0 Å². The van der Waals surface area contributed by atoms with Crippen LogP contribution in [0.2, 0.25) is 0 Å². The number of unbranched alkanes of at least 4 members (excludes halogenated alkanes) is 1. The van der Waals surface area contributed by atoms with Crippen molar-refractivity contribution < 1.29 is 13.9 Å². The van der Waals surface area contributed by atoms with E-state index in [1.807, 2.05) is 13.0 Å². The molecule has 0 unspecified atom stereocenters. The Kier molecular flexibility index (Phi) is 9.18. The number of alkyl carbamates (subject to hydrolysis) is 1. The average Bonchev–Trinajstić information content (AvgIpc) is 3.39. The molecule has 0 aliphatic rings. The molecule has 200 valence electrons. The molecule has 9 nitrogen and oxygen atoms in total. The third-order valence-corrected chi connectivity index (χ3v) is 5.82. The Hall–Kier alpha value is -4.26. The van der Waals surface area contributed by atoms with E-state index in [2.05, 4.69) is 39.2 Å². The zero-order valence-corrected chi connectivity index (χ0v) is 22.5. The van der Waals surface area contributed by atoms with Crippen LogP contribution in [0.4, 0.5) is 20.7 Å². The molecule has 3 rings (SSSR count). The first-order valence-corrected chi connectivity index (χ1v) is 12.5. The predicted octanol–water partition coefficient (Wildman–Crippen LogP) is 6.15. The maximum Gasteiger partial charge on any atom is 0.407 e. The third-order valence-electron chi connectivity index (χ3n) is 5.82. The minimum Gasteiger partial charge on any atom is -0.444 e. The van der Waals surface area contributed by atoms with Crippen molar-refractivity contribution in [2.75, 3.05) is 5.32 Å². The number of halogens is 1. The van der Waals surface area contributed by atoms with E-state index in [4.69, 9.17) is 4.74 Å². The molecule has 38 heavy (non-hydrogen) atoms. The summed E-state index contributed by atoms with van der Waals surface area (Å²) in [6.07, 6.45) is 8.52. The molecule has 0 saturated carbocycles. The molecular weight excluding hydrogens is 485 g/mol. The Morgan fingerprint density at radius 1 is 1.32 bits per heavy atom. The summed E-state index contributed by atoms with van der Waals surface area (Å²) >= 11 is 0. The highest BCUT2D eigenvalue weighted by Gasteiger charge is 2.28. The molecule has 10 heteroatoms. The van der Waals surface area contributed by atoms with E-state index in [9.17, 15) is 10.1 Å². The van der Waals surface area contributed by atoms with E-state index in [0.717, 1.165) is 18.9 Å². The quantitative estimate of drug-likeness (QED) is 0.330. The predicted molar refractivity (Wildman–Crippen MR) is 144 cm³/mol. The molecule has 2 atom stereocenters. The maximum absolute atomic E-state index is 15.2. The Balaban J connectivity index is 1.91. The number of rotatable bonds is 10. The number of ether oxygens (including phenoxy) is 1. The summed E-state index contributed by atoms with van der Waals surface area (Å²) in [5, 5.41) is 19.8. The van der Waals surface area contributed by atoms with Gasteiger partial charge in [0.1, 0.15) is 23.2 Å². The van der Waals surface area contributed by atoms with Crippen LogP contribution in [-0.2, 0) is 4.74 Å². The second-order valence-electron chi connectivity index (χ2n) is 10.0. The number of anilines is 2. The van der Waals surface area contributed by atoms with Gasteiger partial charge < -0.3 is 15.4 Å². The zero-order chi connectivity index (χ0) is 27.9. The highest BCUT2D eigenvalue weighted by Crippen LogP contribution is 2.32. The molecule has 0 aliphatic carbocycles. The van der Waals surface area contributed by atoms with Crippen molar-refractivity contribution >= 4 is 23.2 Å². The Morgan fingerprint density at radius 2 is 2.08 bits per heavy atom. The molecule has 0 saturated heterocycles. The third kappa shape index (κ3) is 7.38. The molecule has 0 aromatic carbocycles. The van der Waals surface area contributed by atoms with Crippen molar-refractivity contribution in [2.24, 2.45) is 5.92 Å². The summed E-state index contributed by atoms with van der Waals surface area (Å²) in [7, 11) is 0. The lowest BCUT2D eigenvalue weighted by atomic mass is 9.86. The lowest BCUT2D eigenvalue weighted by Gasteiger charge is -2.28. The number of nitrogens with zero attached hydrogens (tertiary/aromatic N) is 5. The molecule has 0 fully saturated rings. The van der Waals surface area contributed by atoms with Crippen LogP contribution in [-0.4, -0.2) is 37.5 Å². The van der Waals surface area contributed by atoms with Gasteiger partial charge in [0.15, 0.2) is 5.82 Å². The van der Waals surface area contributed by atoms with Gasteiger partial charge in [-0.25, -0.2) is 18.9 Å². The van der Waals surface area contributed by atoms with E-state index in [0.29, 0.717) is 23.4 Å². The van der Waals surface area contributed by atoms with E-state index in [1.54, 1.807) is 62.4 Å². The van der Waals surface area contributed by atoms with Gasteiger partial charge in [-0.05, 0) is 57.9 Å². The van der Waals surface area contributed by atoms with Crippen molar-refractivity contribution in [2.45, 2.75) is 65.5 Å². The number of nitriles is 1. The van der Waals surface area contributed by atoms with E-state index < -0.39 is 23.6 Å². The average molecular weight is 520 g/mol. The largest absolute Gasteiger partial charge is 0.444 e. The number of pyridine rings is 2. The van der Waals surface area contributed by atoms with Crippen LogP contribution < -0.4 is 10.6 Å². The highest BCUT2D eigenvalue weighted by atomic mass is 19.1. The highest BCUT2D eigenvalue weighted by molar-refractivity contribution is 5.72. The molecule has 2 N–H and O–H groups in total. The number of aromatic nitrogens is 4. The molecule has 0 bridgehead atoms. The maximum atomic E-state index is 15.2. The fraction of sp³-hybridized carbons (Fsp3) is 0.393. The van der Waals surface area contributed by atoms with Gasteiger partial charge in [0.05, 0.1) is 29.3 Å². The summed E-state index contributed by atoms with van der Waals surface area (Å²) in [6.45, 7) is 13.4. The van der Waals surface area contributed by atoms with Crippen LogP contribution in [0.15, 0.2) is 49.6 Å². The number of amides is 1.